The number of nitrogens with zero attached hydrogens (tertiary/aromatic N) is 1. The van der Waals surface area contributed by atoms with Crippen LogP contribution in [0, 0.1) is 11.7 Å². The molecule has 1 atom stereocenters. The molecule has 0 radical (unpaired) electrons. The fourth-order valence-electron chi connectivity index (χ4n) is 3.08. The molecule has 1 aliphatic heterocycles. The third-order valence-electron chi connectivity index (χ3n) is 4.51. The number of halogens is 1. The number of aliphatic hydroxyl groups is 1. The molecule has 1 saturated heterocycles. The van der Waals surface area contributed by atoms with Crippen molar-refractivity contribution in [3.63, 3.8) is 0 Å². The highest BCUT2D eigenvalue weighted by atomic mass is 19.1. The minimum absolute atomic E-state index is 0.155. The Kier molecular flexibility index (Phi) is 5.11. The molecule has 2 amide bonds. The summed E-state index contributed by atoms with van der Waals surface area (Å²) in [4.78, 5) is 14.0. The maximum absolute atomic E-state index is 12.9. The summed E-state index contributed by atoms with van der Waals surface area (Å²) in [5.74, 6) is -0.175. The van der Waals surface area contributed by atoms with E-state index in [2.05, 4.69) is 5.32 Å². The first-order valence-electron chi connectivity index (χ1n) is 8.18. The van der Waals surface area contributed by atoms with Gasteiger partial charge in [0.25, 0.3) is 0 Å². The lowest BCUT2D eigenvalue weighted by Crippen LogP contribution is -2.42. The first-order valence-corrected chi connectivity index (χ1v) is 8.18. The van der Waals surface area contributed by atoms with Crippen molar-refractivity contribution < 1.29 is 14.3 Å². The number of rotatable bonds is 3. The molecular weight excluding hydrogens is 307 g/mol. The molecule has 24 heavy (non-hydrogen) atoms. The summed E-state index contributed by atoms with van der Waals surface area (Å²) >= 11 is 0. The van der Waals surface area contributed by atoms with Gasteiger partial charge in [0.05, 0.1) is 6.10 Å². The fourth-order valence-corrected chi connectivity index (χ4v) is 3.08. The highest BCUT2D eigenvalue weighted by Crippen LogP contribution is 2.30. The van der Waals surface area contributed by atoms with E-state index in [0.29, 0.717) is 18.8 Å². The second-order valence-corrected chi connectivity index (χ2v) is 6.12. The number of hydrogen-bond donors (Lipinski definition) is 2. The average Bonchev–Trinajstić information content (AvgIpc) is 2.64. The van der Waals surface area contributed by atoms with Crippen LogP contribution in [0.25, 0.3) is 0 Å². The number of hydrogen-bond acceptors (Lipinski definition) is 2. The van der Waals surface area contributed by atoms with Crippen LogP contribution in [-0.4, -0.2) is 29.1 Å². The third kappa shape index (κ3) is 3.92. The molecule has 2 aromatic carbocycles. The van der Waals surface area contributed by atoms with E-state index >= 15 is 0 Å². The van der Waals surface area contributed by atoms with Crippen LogP contribution in [0.15, 0.2) is 54.6 Å². The van der Waals surface area contributed by atoms with Crippen LogP contribution >= 0.6 is 0 Å². The number of benzene rings is 2. The molecule has 0 unspecified atom stereocenters. The molecule has 126 valence electrons. The summed E-state index contributed by atoms with van der Waals surface area (Å²) in [6, 6.07) is 15.2. The number of urea groups is 1. The molecule has 2 aromatic rings. The van der Waals surface area contributed by atoms with Gasteiger partial charge in [-0.2, -0.15) is 0 Å². The smallest absolute Gasteiger partial charge is 0.321 e. The Hall–Kier alpha value is -2.40. The van der Waals surface area contributed by atoms with Crippen molar-refractivity contribution in [3.05, 3.63) is 66.0 Å². The topological polar surface area (TPSA) is 52.6 Å². The monoisotopic (exact) mass is 328 g/mol. The van der Waals surface area contributed by atoms with E-state index in [4.69, 9.17) is 0 Å². The summed E-state index contributed by atoms with van der Waals surface area (Å²) in [6.07, 6.45) is 1.02. The number of aliphatic hydroxyl groups excluding tert-OH is 1. The van der Waals surface area contributed by atoms with Crippen molar-refractivity contribution in [2.24, 2.45) is 5.92 Å². The zero-order valence-corrected chi connectivity index (χ0v) is 13.4. The van der Waals surface area contributed by atoms with Gasteiger partial charge in [-0.3, -0.25) is 0 Å². The zero-order valence-electron chi connectivity index (χ0n) is 13.4. The van der Waals surface area contributed by atoms with Gasteiger partial charge in [-0.05, 0) is 48.6 Å². The largest absolute Gasteiger partial charge is 0.388 e. The van der Waals surface area contributed by atoms with Crippen molar-refractivity contribution >= 4 is 11.7 Å². The number of carbonyl (C=O) groups is 1. The lowest BCUT2D eigenvalue weighted by molar-refractivity contribution is 0.0683. The highest BCUT2D eigenvalue weighted by Gasteiger charge is 2.28. The normalized spacial score (nSPS) is 16.7. The predicted octanol–water partition coefficient (Wildman–Crippen LogP) is 3.80. The molecule has 0 aromatic heterocycles. The molecule has 0 spiro atoms. The molecule has 1 heterocycles. The van der Waals surface area contributed by atoms with Gasteiger partial charge >= 0.3 is 6.03 Å². The molecule has 1 fully saturated rings. The highest BCUT2D eigenvalue weighted by molar-refractivity contribution is 5.89. The maximum atomic E-state index is 12.9. The second kappa shape index (κ2) is 7.45. The Bertz CT molecular complexity index is 668. The summed E-state index contributed by atoms with van der Waals surface area (Å²) in [6.45, 7) is 1.20. The first-order chi connectivity index (χ1) is 11.6. The van der Waals surface area contributed by atoms with Crippen molar-refractivity contribution in [2.75, 3.05) is 18.4 Å². The van der Waals surface area contributed by atoms with E-state index in [-0.39, 0.29) is 17.8 Å². The molecule has 0 saturated carbocycles. The quantitative estimate of drug-likeness (QED) is 0.900. The van der Waals surface area contributed by atoms with Gasteiger partial charge in [-0.1, -0.05) is 30.3 Å². The molecule has 4 nitrogen and oxygen atoms in total. The second-order valence-electron chi connectivity index (χ2n) is 6.12. The van der Waals surface area contributed by atoms with Gasteiger partial charge < -0.3 is 15.3 Å². The molecule has 0 aliphatic carbocycles. The number of likely N-dealkylation sites (tertiary alicyclic amines) is 1. The number of amides is 2. The molecule has 0 bridgehead atoms. The average molecular weight is 328 g/mol. The molecule has 2 N–H and O–H groups in total. The standard InChI is InChI=1S/C19H21FN2O2/c20-16-6-8-17(9-7-16)21-19(24)22-12-10-15(11-13-22)18(23)14-4-2-1-3-5-14/h1-9,15,18,23H,10-13H2,(H,21,24)/t18-/m0/s1. The first kappa shape index (κ1) is 16.5. The van der Waals surface area contributed by atoms with Gasteiger partial charge in [0.15, 0.2) is 0 Å². The Labute approximate surface area is 140 Å². The predicted molar refractivity (Wildman–Crippen MR) is 91.1 cm³/mol. The van der Waals surface area contributed by atoms with Crippen LogP contribution in [-0.2, 0) is 0 Å². The summed E-state index contributed by atoms with van der Waals surface area (Å²) in [5.41, 5.74) is 1.50. The van der Waals surface area contributed by atoms with E-state index in [1.54, 1.807) is 17.0 Å². The molecule has 1 aliphatic rings. The zero-order chi connectivity index (χ0) is 16.9. The van der Waals surface area contributed by atoms with Crippen molar-refractivity contribution in [1.29, 1.82) is 0 Å². The van der Waals surface area contributed by atoms with E-state index in [9.17, 15) is 14.3 Å². The minimum Gasteiger partial charge on any atom is -0.388 e. The van der Waals surface area contributed by atoms with Crippen molar-refractivity contribution in [2.45, 2.75) is 18.9 Å². The van der Waals surface area contributed by atoms with Gasteiger partial charge in [0.1, 0.15) is 5.82 Å². The minimum atomic E-state index is -0.492. The number of piperidine rings is 1. The van der Waals surface area contributed by atoms with Crippen LogP contribution in [0.2, 0.25) is 0 Å². The van der Waals surface area contributed by atoms with Gasteiger partial charge in [0.2, 0.25) is 0 Å². The molecule has 5 heteroatoms. The molecule has 3 rings (SSSR count). The maximum Gasteiger partial charge on any atom is 0.321 e. The summed E-state index contributed by atoms with van der Waals surface area (Å²) < 4.78 is 12.9. The van der Waals surface area contributed by atoms with E-state index in [1.807, 2.05) is 30.3 Å². The number of nitrogens with one attached hydrogen (secondary N) is 1. The van der Waals surface area contributed by atoms with Crippen LogP contribution in [0.4, 0.5) is 14.9 Å². The Morgan fingerprint density at radius 1 is 1.08 bits per heavy atom. The van der Waals surface area contributed by atoms with Gasteiger partial charge in [-0.25, -0.2) is 9.18 Å². The SMILES string of the molecule is O=C(Nc1ccc(F)cc1)N1CCC([C@@H](O)c2ccccc2)CC1. The van der Waals surface area contributed by atoms with Crippen LogP contribution in [0.3, 0.4) is 0 Å². The lowest BCUT2D eigenvalue weighted by atomic mass is 9.87. The number of carbonyl (C=O) groups excluding carboxylic acids is 1. The van der Waals surface area contributed by atoms with Gasteiger partial charge in [0, 0.05) is 18.8 Å². The number of anilines is 1. The van der Waals surface area contributed by atoms with E-state index in [1.165, 1.54) is 12.1 Å². The Balaban J connectivity index is 1.53. The Morgan fingerprint density at radius 3 is 2.33 bits per heavy atom. The Morgan fingerprint density at radius 2 is 1.71 bits per heavy atom. The molecular formula is C19H21FN2O2. The van der Waals surface area contributed by atoms with Crippen LogP contribution in [0.5, 0.6) is 0 Å². The van der Waals surface area contributed by atoms with Gasteiger partial charge in [-0.15, -0.1) is 0 Å². The van der Waals surface area contributed by atoms with Crippen molar-refractivity contribution in [3.8, 4) is 0 Å². The summed E-state index contributed by atoms with van der Waals surface area (Å²) in [7, 11) is 0. The van der Waals surface area contributed by atoms with E-state index < -0.39 is 6.10 Å². The fraction of sp³-hybridized carbons (Fsp3) is 0.316. The summed E-state index contributed by atoms with van der Waals surface area (Å²) in [5, 5.41) is 13.2. The lowest BCUT2D eigenvalue weighted by Gasteiger charge is -2.34. The third-order valence-corrected chi connectivity index (χ3v) is 4.51. The van der Waals surface area contributed by atoms with Crippen molar-refractivity contribution in [1.82, 2.24) is 4.90 Å². The van der Waals surface area contributed by atoms with E-state index in [0.717, 1.165) is 18.4 Å². The van der Waals surface area contributed by atoms with Crippen LogP contribution in [0.1, 0.15) is 24.5 Å². The van der Waals surface area contributed by atoms with Crippen LogP contribution < -0.4 is 5.32 Å².